The Labute approximate surface area is 115 Å². The normalized spacial score (nSPS) is 12.9. The van der Waals surface area contributed by atoms with E-state index in [2.05, 4.69) is 33.3 Å². The van der Waals surface area contributed by atoms with E-state index in [4.69, 9.17) is 4.42 Å². The molecule has 2 aromatic heterocycles. The third kappa shape index (κ3) is 2.52. The lowest BCUT2D eigenvalue weighted by Crippen LogP contribution is -2.19. The largest absolute Gasteiger partial charge is 0.468 e. The first kappa shape index (κ1) is 13.4. The predicted molar refractivity (Wildman–Crippen MR) is 74.5 cm³/mol. The van der Waals surface area contributed by atoms with Crippen molar-refractivity contribution in [3.63, 3.8) is 0 Å². The van der Waals surface area contributed by atoms with E-state index >= 15 is 0 Å². The Kier molecular flexibility index (Phi) is 4.24. The number of aryl methyl sites for hydroxylation is 2. The van der Waals surface area contributed by atoms with Crippen LogP contribution in [-0.4, -0.2) is 16.8 Å². The van der Waals surface area contributed by atoms with Crippen molar-refractivity contribution >= 4 is 15.9 Å². The molecule has 98 valence electrons. The smallest absolute Gasteiger partial charge is 0.121 e. The van der Waals surface area contributed by atoms with E-state index in [9.17, 15) is 0 Å². The Morgan fingerprint density at radius 2 is 2.33 bits per heavy atom. The second-order valence-electron chi connectivity index (χ2n) is 4.25. The molecule has 0 aromatic carbocycles. The molecule has 0 aliphatic heterocycles. The highest BCUT2D eigenvalue weighted by molar-refractivity contribution is 9.10. The van der Waals surface area contributed by atoms with Crippen molar-refractivity contribution < 1.29 is 4.42 Å². The zero-order chi connectivity index (χ0) is 13.1. The Bertz CT molecular complexity index is 505. The van der Waals surface area contributed by atoms with Crippen molar-refractivity contribution in [2.75, 3.05) is 7.05 Å². The van der Waals surface area contributed by atoms with Gasteiger partial charge in [-0.3, -0.25) is 4.68 Å². The van der Waals surface area contributed by atoms with Crippen molar-refractivity contribution in [1.29, 1.82) is 0 Å². The highest BCUT2D eigenvalue weighted by Crippen LogP contribution is 2.26. The summed E-state index contributed by atoms with van der Waals surface area (Å²) in [5.41, 5.74) is 2.28. The third-order valence-corrected chi connectivity index (χ3v) is 4.05. The number of rotatable bonds is 5. The molecule has 1 N–H and O–H groups in total. The van der Waals surface area contributed by atoms with Crippen LogP contribution < -0.4 is 5.32 Å². The maximum atomic E-state index is 5.46. The van der Waals surface area contributed by atoms with Gasteiger partial charge >= 0.3 is 0 Å². The molecule has 0 saturated heterocycles. The third-order valence-electron chi connectivity index (χ3n) is 3.14. The van der Waals surface area contributed by atoms with E-state index in [0.717, 1.165) is 28.8 Å². The molecule has 0 saturated carbocycles. The van der Waals surface area contributed by atoms with Gasteiger partial charge in [0.1, 0.15) is 5.76 Å². The molecule has 0 fully saturated rings. The van der Waals surface area contributed by atoms with E-state index in [1.807, 2.05) is 30.9 Å². The van der Waals surface area contributed by atoms with Crippen LogP contribution in [0.4, 0.5) is 0 Å². The van der Waals surface area contributed by atoms with Crippen molar-refractivity contribution in [3.8, 4) is 0 Å². The van der Waals surface area contributed by atoms with Gasteiger partial charge in [-0.1, -0.05) is 6.92 Å². The van der Waals surface area contributed by atoms with E-state index in [0.29, 0.717) is 0 Å². The molecule has 0 spiro atoms. The minimum atomic E-state index is 0.163. The zero-order valence-electron chi connectivity index (χ0n) is 10.9. The van der Waals surface area contributed by atoms with Crippen LogP contribution in [0.2, 0.25) is 0 Å². The molecular formula is C13H18BrN3O. The van der Waals surface area contributed by atoms with E-state index < -0.39 is 0 Å². The van der Waals surface area contributed by atoms with Crippen LogP contribution in [-0.2, 0) is 19.9 Å². The fourth-order valence-electron chi connectivity index (χ4n) is 2.07. The van der Waals surface area contributed by atoms with Gasteiger partial charge in [0.2, 0.25) is 0 Å². The zero-order valence-corrected chi connectivity index (χ0v) is 12.5. The summed E-state index contributed by atoms with van der Waals surface area (Å²) in [4.78, 5) is 0. The van der Waals surface area contributed by atoms with Crippen LogP contribution in [0.5, 0.6) is 0 Å². The lowest BCUT2D eigenvalue weighted by Gasteiger charge is -2.14. The summed E-state index contributed by atoms with van der Waals surface area (Å²) in [6.45, 7) is 2.11. The summed E-state index contributed by atoms with van der Waals surface area (Å²) < 4.78 is 8.52. The van der Waals surface area contributed by atoms with Crippen LogP contribution >= 0.6 is 15.9 Å². The Hall–Kier alpha value is -1.07. The van der Waals surface area contributed by atoms with Crippen molar-refractivity contribution in [3.05, 3.63) is 40.0 Å². The van der Waals surface area contributed by atoms with Crippen LogP contribution in [0.3, 0.4) is 0 Å². The topological polar surface area (TPSA) is 43.0 Å². The van der Waals surface area contributed by atoms with Crippen LogP contribution in [0, 0.1) is 0 Å². The first-order valence-corrected chi connectivity index (χ1v) is 6.87. The average Bonchev–Trinajstić information content (AvgIpc) is 2.97. The van der Waals surface area contributed by atoms with Crippen LogP contribution in [0.15, 0.2) is 27.3 Å². The summed E-state index contributed by atoms with van der Waals surface area (Å²) in [5, 5.41) is 7.79. The number of aromatic nitrogens is 2. The Morgan fingerprint density at radius 3 is 2.83 bits per heavy atom. The quantitative estimate of drug-likeness (QED) is 0.923. The maximum absolute atomic E-state index is 5.46. The fraction of sp³-hybridized carbons (Fsp3) is 0.462. The molecule has 0 radical (unpaired) electrons. The Morgan fingerprint density at radius 1 is 1.56 bits per heavy atom. The van der Waals surface area contributed by atoms with Gasteiger partial charge in [0.25, 0.3) is 0 Å². The van der Waals surface area contributed by atoms with Gasteiger partial charge in [-0.2, -0.15) is 5.10 Å². The van der Waals surface area contributed by atoms with Crippen molar-refractivity contribution in [1.82, 2.24) is 15.1 Å². The standard InChI is InChI=1S/C13H18BrN3O/c1-4-9-13(14)11(17(3)16-9)8-10(15-2)12-6-5-7-18-12/h5-7,10,15H,4,8H2,1-3H3. The van der Waals surface area contributed by atoms with Gasteiger partial charge in [0.05, 0.1) is 28.2 Å². The molecule has 2 heterocycles. The molecule has 0 aliphatic carbocycles. The molecule has 1 atom stereocenters. The second kappa shape index (κ2) is 5.71. The van der Waals surface area contributed by atoms with Gasteiger partial charge in [-0.15, -0.1) is 0 Å². The van der Waals surface area contributed by atoms with Gasteiger partial charge in [-0.05, 0) is 41.5 Å². The van der Waals surface area contributed by atoms with Gasteiger partial charge in [0, 0.05) is 13.5 Å². The van der Waals surface area contributed by atoms with Crippen molar-refractivity contribution in [2.24, 2.45) is 7.05 Å². The molecule has 0 aliphatic rings. The first-order valence-electron chi connectivity index (χ1n) is 6.08. The van der Waals surface area contributed by atoms with Crippen LogP contribution in [0.1, 0.15) is 30.1 Å². The molecule has 4 nitrogen and oxygen atoms in total. The molecular weight excluding hydrogens is 294 g/mol. The number of halogens is 1. The summed E-state index contributed by atoms with van der Waals surface area (Å²) in [6.07, 6.45) is 3.48. The summed E-state index contributed by atoms with van der Waals surface area (Å²) in [5.74, 6) is 0.948. The molecule has 0 amide bonds. The number of hydrogen-bond acceptors (Lipinski definition) is 3. The van der Waals surface area contributed by atoms with Crippen LogP contribution in [0.25, 0.3) is 0 Å². The number of nitrogens with one attached hydrogen (secondary N) is 1. The summed E-state index contributed by atoms with van der Waals surface area (Å²) in [6, 6.07) is 4.07. The van der Waals surface area contributed by atoms with Gasteiger partial charge in [-0.25, -0.2) is 0 Å². The van der Waals surface area contributed by atoms with E-state index in [-0.39, 0.29) is 6.04 Å². The van der Waals surface area contributed by atoms with E-state index in [1.165, 1.54) is 5.69 Å². The van der Waals surface area contributed by atoms with E-state index in [1.54, 1.807) is 6.26 Å². The van der Waals surface area contributed by atoms with Gasteiger partial charge in [0.15, 0.2) is 0 Å². The first-order chi connectivity index (χ1) is 8.67. The molecule has 5 heteroatoms. The number of likely N-dealkylation sites (N-methyl/N-ethyl adjacent to an activating group) is 1. The minimum absolute atomic E-state index is 0.163. The number of furan rings is 1. The highest BCUT2D eigenvalue weighted by Gasteiger charge is 2.19. The lowest BCUT2D eigenvalue weighted by atomic mass is 10.1. The molecule has 2 rings (SSSR count). The molecule has 1 unspecified atom stereocenters. The fourth-order valence-corrected chi connectivity index (χ4v) is 2.85. The monoisotopic (exact) mass is 311 g/mol. The SMILES string of the molecule is CCc1nn(C)c(CC(NC)c2ccco2)c1Br. The number of hydrogen-bond donors (Lipinski definition) is 1. The summed E-state index contributed by atoms with van der Waals surface area (Å²) >= 11 is 3.64. The summed E-state index contributed by atoms with van der Waals surface area (Å²) in [7, 11) is 3.92. The second-order valence-corrected chi connectivity index (χ2v) is 5.04. The molecule has 2 aromatic rings. The van der Waals surface area contributed by atoms with Gasteiger partial charge < -0.3 is 9.73 Å². The predicted octanol–water partition coefficient (Wildman–Crippen LogP) is 2.84. The Balaban J connectivity index is 2.25. The lowest BCUT2D eigenvalue weighted by molar-refractivity contribution is 0.423. The highest BCUT2D eigenvalue weighted by atomic mass is 79.9. The average molecular weight is 312 g/mol. The van der Waals surface area contributed by atoms with Crippen molar-refractivity contribution in [2.45, 2.75) is 25.8 Å². The molecule has 18 heavy (non-hydrogen) atoms. The maximum Gasteiger partial charge on any atom is 0.121 e. The molecule has 0 bridgehead atoms. The number of nitrogens with zero attached hydrogens (tertiary/aromatic N) is 2. The minimum Gasteiger partial charge on any atom is -0.468 e.